The summed E-state index contributed by atoms with van der Waals surface area (Å²) in [5.41, 5.74) is 2.01. The van der Waals surface area contributed by atoms with Crippen LogP contribution in [0.5, 0.6) is 0 Å². The third-order valence-electron chi connectivity index (χ3n) is 6.75. The second kappa shape index (κ2) is 9.63. The number of amides is 2. The van der Waals surface area contributed by atoms with E-state index < -0.39 is 17.3 Å². The lowest BCUT2D eigenvalue weighted by Crippen LogP contribution is -2.49. The molecule has 5 aromatic rings. The molecule has 11 heteroatoms. The van der Waals surface area contributed by atoms with E-state index in [9.17, 15) is 14.0 Å². The van der Waals surface area contributed by atoms with Crippen LogP contribution in [0.3, 0.4) is 0 Å². The molecule has 0 aliphatic heterocycles. The van der Waals surface area contributed by atoms with Crippen LogP contribution < -0.4 is 10.6 Å². The monoisotopic (exact) mass is 544 g/mol. The third-order valence-corrected chi connectivity index (χ3v) is 7.14. The summed E-state index contributed by atoms with van der Waals surface area (Å²) in [4.78, 5) is 33.5. The van der Waals surface area contributed by atoms with Gasteiger partial charge in [-0.1, -0.05) is 47.1 Å². The number of hydrogen-bond donors (Lipinski definition) is 2. The highest BCUT2D eigenvalue weighted by Crippen LogP contribution is 2.39. The van der Waals surface area contributed by atoms with Crippen molar-refractivity contribution in [3.63, 3.8) is 0 Å². The number of para-hydroxylation sites is 1. The molecule has 2 amide bonds. The van der Waals surface area contributed by atoms with Gasteiger partial charge in [-0.05, 0) is 42.7 Å². The molecule has 1 aliphatic carbocycles. The molecule has 0 saturated heterocycles. The highest BCUT2D eigenvalue weighted by atomic mass is 35.5. The number of fused-ring (bicyclic) bond motifs is 1. The minimum Gasteiger partial charge on any atom is -0.350 e. The summed E-state index contributed by atoms with van der Waals surface area (Å²) in [7, 11) is 0. The average Bonchev–Trinajstić information content (AvgIpc) is 3.51. The van der Waals surface area contributed by atoms with E-state index in [1.165, 1.54) is 12.3 Å². The Labute approximate surface area is 227 Å². The zero-order valence-corrected chi connectivity index (χ0v) is 21.5. The van der Waals surface area contributed by atoms with E-state index in [2.05, 4.69) is 25.8 Å². The van der Waals surface area contributed by atoms with Crippen molar-refractivity contribution in [2.24, 2.45) is 0 Å². The molecule has 3 heterocycles. The van der Waals surface area contributed by atoms with Crippen LogP contribution in [0, 0.1) is 12.7 Å². The number of carbonyl (C=O) groups is 2. The Bertz CT molecular complexity index is 1730. The van der Waals surface area contributed by atoms with E-state index in [1.54, 1.807) is 6.92 Å². The molecule has 1 aliphatic rings. The number of aromatic nitrogens is 4. The zero-order chi connectivity index (χ0) is 27.1. The maximum Gasteiger partial charge on any atom is 0.255 e. The topological polar surface area (TPSA) is 115 Å². The van der Waals surface area contributed by atoms with Crippen molar-refractivity contribution in [1.82, 2.24) is 30.3 Å². The van der Waals surface area contributed by atoms with E-state index in [-0.39, 0.29) is 18.0 Å². The van der Waals surface area contributed by atoms with E-state index in [0.29, 0.717) is 35.3 Å². The highest BCUT2D eigenvalue weighted by molar-refractivity contribution is 6.38. The van der Waals surface area contributed by atoms with Gasteiger partial charge in [0.2, 0.25) is 17.6 Å². The molecular formula is C28H22ClFN6O3. The van der Waals surface area contributed by atoms with Crippen LogP contribution in [0.15, 0.2) is 71.5 Å². The largest absolute Gasteiger partial charge is 0.350 e. The summed E-state index contributed by atoms with van der Waals surface area (Å²) in [6.45, 7) is 1.97. The summed E-state index contributed by atoms with van der Waals surface area (Å²) < 4.78 is 21.1. The Hall–Kier alpha value is -4.57. The molecule has 196 valence electrons. The third kappa shape index (κ3) is 4.52. The van der Waals surface area contributed by atoms with Gasteiger partial charge in [0.1, 0.15) is 11.2 Å². The van der Waals surface area contributed by atoms with Gasteiger partial charge < -0.3 is 19.7 Å². The van der Waals surface area contributed by atoms with Gasteiger partial charge in [0.15, 0.2) is 5.82 Å². The smallest absolute Gasteiger partial charge is 0.255 e. The van der Waals surface area contributed by atoms with Gasteiger partial charge >= 0.3 is 0 Å². The van der Waals surface area contributed by atoms with Gasteiger partial charge in [-0.3, -0.25) is 14.6 Å². The molecule has 39 heavy (non-hydrogen) atoms. The molecule has 0 radical (unpaired) electrons. The van der Waals surface area contributed by atoms with Crippen LogP contribution in [0.1, 0.15) is 34.7 Å². The van der Waals surface area contributed by atoms with Crippen molar-refractivity contribution in [3.05, 3.63) is 94.8 Å². The number of rotatable bonds is 7. The van der Waals surface area contributed by atoms with Crippen LogP contribution in [0.2, 0.25) is 5.02 Å². The minimum atomic E-state index is -1.04. The Balaban J connectivity index is 1.20. The fourth-order valence-electron chi connectivity index (χ4n) is 4.55. The summed E-state index contributed by atoms with van der Waals surface area (Å²) in [5, 5.41) is 11.0. The van der Waals surface area contributed by atoms with Crippen molar-refractivity contribution in [3.8, 4) is 17.2 Å². The minimum absolute atomic E-state index is 0.146. The molecular weight excluding hydrogens is 523 g/mol. The number of hydrogen-bond acceptors (Lipinski definition) is 6. The summed E-state index contributed by atoms with van der Waals surface area (Å²) >= 11 is 6.76. The zero-order valence-electron chi connectivity index (χ0n) is 20.7. The Morgan fingerprint density at radius 1 is 1.13 bits per heavy atom. The quantitative estimate of drug-likeness (QED) is 0.305. The Kier molecular flexibility index (Phi) is 6.11. The van der Waals surface area contributed by atoms with Crippen molar-refractivity contribution in [1.29, 1.82) is 0 Å². The number of carbonyl (C=O) groups excluding carboxylic acids is 2. The molecule has 2 N–H and O–H groups in total. The van der Waals surface area contributed by atoms with Gasteiger partial charge in [-0.2, -0.15) is 4.98 Å². The first-order chi connectivity index (χ1) is 18.9. The SMILES string of the molecule is Cc1nc(-c2c(Cl)c3ccccc3n2-c2ccc(CNC(=O)C3(NC(=O)c4ccncc4F)CC3)cc2)no1. The van der Waals surface area contributed by atoms with Crippen LogP contribution in [-0.2, 0) is 11.3 Å². The molecule has 9 nitrogen and oxygen atoms in total. The summed E-state index contributed by atoms with van der Waals surface area (Å²) in [6, 6.07) is 16.7. The Morgan fingerprint density at radius 3 is 2.59 bits per heavy atom. The molecule has 0 bridgehead atoms. The van der Waals surface area contributed by atoms with Crippen LogP contribution >= 0.6 is 11.6 Å². The normalized spacial score (nSPS) is 13.8. The van der Waals surface area contributed by atoms with Crippen LogP contribution in [0.4, 0.5) is 4.39 Å². The van der Waals surface area contributed by atoms with Crippen molar-refractivity contribution in [2.75, 3.05) is 0 Å². The first-order valence-corrected chi connectivity index (χ1v) is 12.6. The van der Waals surface area contributed by atoms with Crippen LogP contribution in [0.25, 0.3) is 28.1 Å². The molecule has 0 unspecified atom stereocenters. The average molecular weight is 545 g/mol. The molecule has 1 saturated carbocycles. The van der Waals surface area contributed by atoms with E-state index in [0.717, 1.165) is 28.4 Å². The highest BCUT2D eigenvalue weighted by Gasteiger charge is 2.51. The summed E-state index contributed by atoms with van der Waals surface area (Å²) in [6.07, 6.45) is 3.26. The fraction of sp³-hybridized carbons (Fsp3) is 0.179. The molecule has 3 aromatic heterocycles. The van der Waals surface area contributed by atoms with E-state index in [1.807, 2.05) is 53.1 Å². The van der Waals surface area contributed by atoms with Crippen molar-refractivity contribution >= 4 is 34.3 Å². The maximum absolute atomic E-state index is 13.9. The molecule has 6 rings (SSSR count). The van der Waals surface area contributed by atoms with E-state index in [4.69, 9.17) is 16.1 Å². The Morgan fingerprint density at radius 2 is 1.90 bits per heavy atom. The lowest BCUT2D eigenvalue weighted by molar-refractivity contribution is -0.124. The summed E-state index contributed by atoms with van der Waals surface area (Å²) in [5.74, 6) is -0.877. The second-order valence-corrected chi connectivity index (χ2v) is 9.77. The number of nitrogens with one attached hydrogen (secondary N) is 2. The van der Waals surface area contributed by atoms with Gasteiger partial charge in [0.05, 0.1) is 22.3 Å². The fourth-order valence-corrected chi connectivity index (χ4v) is 4.88. The number of nitrogens with zero attached hydrogens (tertiary/aromatic N) is 4. The maximum atomic E-state index is 13.9. The second-order valence-electron chi connectivity index (χ2n) is 9.39. The standard InChI is InChI=1S/C28H22ClFN6O3/c1-16-33-25(35-39-16)24-23(29)20-4-2-3-5-22(20)36(24)18-8-6-17(7-9-18)14-32-27(38)28(11-12-28)34-26(37)19-10-13-31-15-21(19)30/h2-10,13,15H,11-12,14H2,1H3,(H,32,38)(H,34,37). The molecule has 0 atom stereocenters. The van der Waals surface area contributed by atoms with Gasteiger partial charge in [0.25, 0.3) is 5.91 Å². The molecule has 1 fully saturated rings. The van der Waals surface area contributed by atoms with Gasteiger partial charge in [0, 0.05) is 30.7 Å². The predicted molar refractivity (Wildman–Crippen MR) is 142 cm³/mol. The number of aryl methyl sites for hydroxylation is 1. The lowest BCUT2D eigenvalue weighted by atomic mass is 10.1. The van der Waals surface area contributed by atoms with Crippen molar-refractivity contribution in [2.45, 2.75) is 31.8 Å². The predicted octanol–water partition coefficient (Wildman–Crippen LogP) is 4.76. The number of halogens is 2. The van der Waals surface area contributed by atoms with Crippen LogP contribution in [-0.4, -0.2) is 37.0 Å². The number of pyridine rings is 1. The van der Waals surface area contributed by atoms with E-state index >= 15 is 0 Å². The lowest BCUT2D eigenvalue weighted by Gasteiger charge is -2.17. The first-order valence-electron chi connectivity index (χ1n) is 12.3. The first kappa shape index (κ1) is 24.7. The number of benzene rings is 2. The van der Waals surface area contributed by atoms with Gasteiger partial charge in [-0.25, -0.2) is 4.39 Å². The molecule has 0 spiro atoms. The molecule has 2 aromatic carbocycles. The van der Waals surface area contributed by atoms with Crippen molar-refractivity contribution < 1.29 is 18.5 Å². The van der Waals surface area contributed by atoms with Gasteiger partial charge in [-0.15, -0.1) is 0 Å².